The van der Waals surface area contributed by atoms with E-state index in [1.54, 1.807) is 24.4 Å². The topological polar surface area (TPSA) is 49.3 Å². The largest absolute Gasteiger partial charge is 0.507 e. The summed E-state index contributed by atoms with van der Waals surface area (Å²) in [6.07, 6.45) is 6.56. The molecule has 0 heterocycles. The molecule has 0 bridgehead atoms. The highest BCUT2D eigenvalue weighted by atomic mass is 16.3. The highest BCUT2D eigenvalue weighted by Crippen LogP contribution is 2.16. The second kappa shape index (κ2) is 7.49. The zero-order valence-corrected chi connectivity index (χ0v) is 10.1. The molecule has 0 aliphatic carbocycles. The Kier molecular flexibility index (Phi) is 5.86. The van der Waals surface area contributed by atoms with E-state index in [-0.39, 0.29) is 11.5 Å². The summed E-state index contributed by atoms with van der Waals surface area (Å²) in [6, 6.07) is 6.54. The number of carbonyl (C=O) groups excluding carboxylic acids is 1. The molecule has 0 spiro atoms. The standard InChI is InChI=1S/C14H19NO2/c1-2-3-6-10-15-11-9-14(17)12-7-4-5-8-13(12)16/h4-5,7-9,11,15-16H,2-3,6,10H2,1H3/b11-9+. The Hall–Kier alpha value is -1.77. The highest BCUT2D eigenvalue weighted by molar-refractivity contribution is 6.06. The Labute approximate surface area is 102 Å². The number of nitrogens with one attached hydrogen (secondary N) is 1. The van der Waals surface area contributed by atoms with Crippen LogP contribution in [0.1, 0.15) is 36.5 Å². The van der Waals surface area contributed by atoms with Gasteiger partial charge in [0.25, 0.3) is 0 Å². The lowest BCUT2D eigenvalue weighted by Gasteiger charge is -2.00. The van der Waals surface area contributed by atoms with Gasteiger partial charge in [-0.2, -0.15) is 0 Å². The molecular formula is C14H19NO2. The molecule has 3 heteroatoms. The molecule has 0 amide bonds. The molecule has 2 N–H and O–H groups in total. The van der Waals surface area contributed by atoms with Gasteiger partial charge >= 0.3 is 0 Å². The van der Waals surface area contributed by atoms with Crippen LogP contribution in [-0.4, -0.2) is 17.4 Å². The molecule has 1 rings (SSSR count). The van der Waals surface area contributed by atoms with Gasteiger partial charge in [0.15, 0.2) is 5.78 Å². The number of aromatic hydroxyl groups is 1. The van der Waals surface area contributed by atoms with Gasteiger partial charge in [-0.25, -0.2) is 0 Å². The van der Waals surface area contributed by atoms with Crippen LogP contribution < -0.4 is 5.32 Å². The SMILES string of the molecule is CCCCCN/C=C/C(=O)c1ccccc1O. The number of ketones is 1. The molecule has 0 saturated carbocycles. The smallest absolute Gasteiger partial charge is 0.190 e. The predicted molar refractivity (Wildman–Crippen MR) is 69.1 cm³/mol. The van der Waals surface area contributed by atoms with Gasteiger partial charge in [-0.05, 0) is 18.6 Å². The molecule has 0 unspecified atom stereocenters. The Morgan fingerprint density at radius 3 is 2.82 bits per heavy atom. The lowest BCUT2D eigenvalue weighted by Crippen LogP contribution is -2.07. The normalized spacial score (nSPS) is 10.6. The Balaban J connectivity index is 2.39. The molecule has 0 saturated heterocycles. The number of hydrogen-bond acceptors (Lipinski definition) is 3. The third-order valence-electron chi connectivity index (χ3n) is 2.45. The Morgan fingerprint density at radius 1 is 1.35 bits per heavy atom. The van der Waals surface area contributed by atoms with E-state index in [2.05, 4.69) is 12.2 Å². The van der Waals surface area contributed by atoms with Crippen molar-refractivity contribution >= 4 is 5.78 Å². The second-order valence-corrected chi connectivity index (χ2v) is 3.88. The molecule has 1 aromatic rings. The third kappa shape index (κ3) is 4.72. The number of benzene rings is 1. The molecule has 17 heavy (non-hydrogen) atoms. The molecule has 3 nitrogen and oxygen atoms in total. The van der Waals surface area contributed by atoms with Gasteiger partial charge in [-0.3, -0.25) is 4.79 Å². The van der Waals surface area contributed by atoms with Gasteiger partial charge in [0.1, 0.15) is 5.75 Å². The van der Waals surface area contributed by atoms with Gasteiger partial charge in [-0.1, -0.05) is 31.9 Å². The van der Waals surface area contributed by atoms with Crippen molar-refractivity contribution in [3.05, 3.63) is 42.1 Å². The predicted octanol–water partition coefficient (Wildman–Crippen LogP) is 2.87. The van der Waals surface area contributed by atoms with Crippen molar-refractivity contribution in [3.8, 4) is 5.75 Å². The Bertz CT molecular complexity index is 386. The van der Waals surface area contributed by atoms with E-state index >= 15 is 0 Å². The first-order chi connectivity index (χ1) is 8.25. The second-order valence-electron chi connectivity index (χ2n) is 3.88. The van der Waals surface area contributed by atoms with Crippen molar-refractivity contribution in [1.82, 2.24) is 5.32 Å². The summed E-state index contributed by atoms with van der Waals surface area (Å²) < 4.78 is 0. The molecule has 92 valence electrons. The molecule has 0 aliphatic heterocycles. The fourth-order valence-electron chi connectivity index (χ4n) is 1.47. The van der Waals surface area contributed by atoms with E-state index in [9.17, 15) is 9.90 Å². The van der Waals surface area contributed by atoms with E-state index in [4.69, 9.17) is 0 Å². The van der Waals surface area contributed by atoms with Gasteiger partial charge in [-0.15, -0.1) is 0 Å². The first-order valence-electron chi connectivity index (χ1n) is 5.98. The summed E-state index contributed by atoms with van der Waals surface area (Å²) in [5.41, 5.74) is 0.333. The van der Waals surface area contributed by atoms with Crippen molar-refractivity contribution in [2.24, 2.45) is 0 Å². The fourth-order valence-corrected chi connectivity index (χ4v) is 1.47. The van der Waals surface area contributed by atoms with E-state index < -0.39 is 0 Å². The lowest BCUT2D eigenvalue weighted by molar-refractivity contribution is 0.104. The molecular weight excluding hydrogens is 214 g/mol. The molecule has 1 aromatic carbocycles. The first-order valence-corrected chi connectivity index (χ1v) is 5.98. The summed E-state index contributed by atoms with van der Waals surface area (Å²) in [5.74, 6) is -0.167. The number of carbonyl (C=O) groups is 1. The minimum absolute atomic E-state index is 0.0214. The van der Waals surface area contributed by atoms with Crippen molar-refractivity contribution in [1.29, 1.82) is 0 Å². The number of phenols is 1. The zero-order valence-electron chi connectivity index (χ0n) is 10.1. The lowest BCUT2D eigenvalue weighted by atomic mass is 10.1. The van der Waals surface area contributed by atoms with Gasteiger partial charge < -0.3 is 10.4 Å². The van der Waals surface area contributed by atoms with Crippen LogP contribution in [0, 0.1) is 0 Å². The molecule has 0 aliphatic rings. The average Bonchev–Trinajstić information content (AvgIpc) is 2.34. The fraction of sp³-hybridized carbons (Fsp3) is 0.357. The van der Waals surface area contributed by atoms with Crippen LogP contribution in [0.2, 0.25) is 0 Å². The third-order valence-corrected chi connectivity index (χ3v) is 2.45. The van der Waals surface area contributed by atoms with Crippen molar-refractivity contribution in [2.75, 3.05) is 6.54 Å². The van der Waals surface area contributed by atoms with Crippen molar-refractivity contribution in [3.63, 3.8) is 0 Å². The summed E-state index contributed by atoms with van der Waals surface area (Å²) in [4.78, 5) is 11.7. The highest BCUT2D eigenvalue weighted by Gasteiger charge is 2.05. The van der Waals surface area contributed by atoms with Crippen LogP contribution in [0.3, 0.4) is 0 Å². The molecule has 0 fully saturated rings. The summed E-state index contributed by atoms with van der Waals surface area (Å²) in [5, 5.41) is 12.5. The summed E-state index contributed by atoms with van der Waals surface area (Å²) >= 11 is 0. The van der Waals surface area contributed by atoms with E-state index in [1.807, 2.05) is 0 Å². The van der Waals surface area contributed by atoms with E-state index in [0.29, 0.717) is 5.56 Å². The number of allylic oxidation sites excluding steroid dienone is 1. The minimum atomic E-state index is -0.189. The van der Waals surface area contributed by atoms with Crippen LogP contribution in [0.4, 0.5) is 0 Å². The van der Waals surface area contributed by atoms with Gasteiger partial charge in [0.2, 0.25) is 0 Å². The van der Waals surface area contributed by atoms with Crippen molar-refractivity contribution < 1.29 is 9.90 Å². The van der Waals surface area contributed by atoms with E-state index in [0.717, 1.165) is 13.0 Å². The van der Waals surface area contributed by atoms with Crippen LogP contribution in [0.25, 0.3) is 0 Å². The summed E-state index contributed by atoms with van der Waals surface area (Å²) in [7, 11) is 0. The maximum atomic E-state index is 11.7. The quantitative estimate of drug-likeness (QED) is 0.432. The number of phenolic OH excluding ortho intramolecular Hbond substituents is 1. The molecule has 0 radical (unpaired) electrons. The van der Waals surface area contributed by atoms with Crippen LogP contribution in [0.5, 0.6) is 5.75 Å². The minimum Gasteiger partial charge on any atom is -0.507 e. The average molecular weight is 233 g/mol. The molecule has 0 atom stereocenters. The zero-order chi connectivity index (χ0) is 12.5. The van der Waals surface area contributed by atoms with E-state index in [1.165, 1.54) is 25.0 Å². The van der Waals surface area contributed by atoms with Crippen LogP contribution in [-0.2, 0) is 0 Å². The maximum absolute atomic E-state index is 11.7. The first kappa shape index (κ1) is 13.3. The Morgan fingerprint density at radius 2 is 2.12 bits per heavy atom. The van der Waals surface area contributed by atoms with Gasteiger partial charge in [0.05, 0.1) is 5.56 Å². The molecule has 0 aromatic heterocycles. The number of hydrogen-bond donors (Lipinski definition) is 2. The van der Waals surface area contributed by atoms with Gasteiger partial charge in [0, 0.05) is 18.8 Å². The van der Waals surface area contributed by atoms with Crippen LogP contribution >= 0.6 is 0 Å². The number of unbranched alkanes of at least 4 members (excludes halogenated alkanes) is 2. The van der Waals surface area contributed by atoms with Crippen LogP contribution in [0.15, 0.2) is 36.5 Å². The maximum Gasteiger partial charge on any atom is 0.190 e. The monoisotopic (exact) mass is 233 g/mol. The number of para-hydroxylation sites is 1. The van der Waals surface area contributed by atoms with Crippen molar-refractivity contribution in [2.45, 2.75) is 26.2 Å². The number of rotatable bonds is 7. The summed E-state index contributed by atoms with van der Waals surface area (Å²) in [6.45, 7) is 3.02.